The number of carbonyl (C=O) groups excluding carboxylic acids is 1. The van der Waals surface area contributed by atoms with Gasteiger partial charge in [-0.05, 0) is 35.4 Å². The van der Waals surface area contributed by atoms with Gasteiger partial charge in [0.2, 0.25) is 5.95 Å². The Labute approximate surface area is 183 Å². The van der Waals surface area contributed by atoms with Crippen molar-refractivity contribution < 1.29 is 9.63 Å². The third-order valence-corrected chi connectivity index (χ3v) is 5.51. The van der Waals surface area contributed by atoms with Crippen LogP contribution in [0.2, 0.25) is 5.02 Å². The highest BCUT2D eigenvalue weighted by Gasteiger charge is 2.32. The van der Waals surface area contributed by atoms with Gasteiger partial charge in [0.25, 0.3) is 0 Å². The summed E-state index contributed by atoms with van der Waals surface area (Å²) in [7, 11) is 0. The highest BCUT2D eigenvalue weighted by molar-refractivity contribution is 6.33. The zero-order chi connectivity index (χ0) is 21.4. The Morgan fingerprint density at radius 2 is 1.94 bits per heavy atom. The van der Waals surface area contributed by atoms with E-state index in [1.807, 2.05) is 60.8 Å². The number of fused-ring (bicyclic) bond motifs is 1. The van der Waals surface area contributed by atoms with Gasteiger partial charge in [-0.1, -0.05) is 48.0 Å². The summed E-state index contributed by atoms with van der Waals surface area (Å²) in [5, 5.41) is 8.83. The average Bonchev–Trinajstić information content (AvgIpc) is 3.41. The van der Waals surface area contributed by atoms with E-state index < -0.39 is 0 Å². The Balaban J connectivity index is 1.40. The molecule has 0 aliphatic carbocycles. The van der Waals surface area contributed by atoms with E-state index in [9.17, 15) is 4.79 Å². The predicted octanol–water partition coefficient (Wildman–Crippen LogP) is 4.54. The van der Waals surface area contributed by atoms with Crippen molar-refractivity contribution in [3.8, 4) is 11.1 Å². The van der Waals surface area contributed by atoms with Gasteiger partial charge in [-0.3, -0.25) is 4.84 Å². The molecule has 1 atom stereocenters. The van der Waals surface area contributed by atoms with E-state index in [1.165, 1.54) is 5.06 Å². The second kappa shape index (κ2) is 7.90. The van der Waals surface area contributed by atoms with E-state index in [4.69, 9.17) is 22.2 Å². The van der Waals surface area contributed by atoms with Crippen molar-refractivity contribution in [3.63, 3.8) is 0 Å². The van der Waals surface area contributed by atoms with Gasteiger partial charge in [0, 0.05) is 18.2 Å². The summed E-state index contributed by atoms with van der Waals surface area (Å²) in [6, 6.07) is 18.5. The molecule has 1 aliphatic heterocycles. The molecule has 5 rings (SSSR count). The fraction of sp³-hybridized carbons (Fsp3) is 0.136. The number of nitrogens with one attached hydrogen (secondary N) is 1. The number of halogens is 1. The summed E-state index contributed by atoms with van der Waals surface area (Å²) in [5.41, 5.74) is 9.57. The van der Waals surface area contributed by atoms with Crippen LogP contribution in [0.3, 0.4) is 0 Å². The lowest BCUT2D eigenvalue weighted by molar-refractivity contribution is -0.0829. The molecule has 9 heteroatoms. The minimum absolute atomic E-state index is 0.150. The van der Waals surface area contributed by atoms with Gasteiger partial charge < -0.3 is 11.1 Å². The van der Waals surface area contributed by atoms with E-state index in [0.717, 1.165) is 23.1 Å². The molecule has 2 aromatic carbocycles. The fourth-order valence-corrected chi connectivity index (χ4v) is 3.85. The van der Waals surface area contributed by atoms with Crippen LogP contribution in [-0.4, -0.2) is 32.3 Å². The van der Waals surface area contributed by atoms with Crippen LogP contribution in [-0.2, 0) is 4.84 Å². The lowest BCUT2D eigenvalue weighted by Crippen LogP contribution is -2.33. The molecule has 31 heavy (non-hydrogen) atoms. The summed E-state index contributed by atoms with van der Waals surface area (Å²) in [5.74, 6) is 0.208. The number of aromatic nitrogens is 3. The molecule has 0 saturated carbocycles. The van der Waals surface area contributed by atoms with Crippen molar-refractivity contribution in [1.82, 2.24) is 19.7 Å². The zero-order valence-corrected chi connectivity index (χ0v) is 17.2. The third kappa shape index (κ3) is 3.78. The van der Waals surface area contributed by atoms with Gasteiger partial charge in [-0.15, -0.1) is 5.10 Å². The number of nitrogens with zero attached hydrogens (tertiary/aromatic N) is 4. The van der Waals surface area contributed by atoms with Crippen LogP contribution < -0.4 is 11.1 Å². The van der Waals surface area contributed by atoms with E-state index in [-0.39, 0.29) is 18.0 Å². The molecule has 0 radical (unpaired) electrons. The van der Waals surface area contributed by atoms with Crippen molar-refractivity contribution >= 4 is 34.9 Å². The zero-order valence-electron chi connectivity index (χ0n) is 16.4. The van der Waals surface area contributed by atoms with Gasteiger partial charge in [0.05, 0.1) is 23.4 Å². The number of benzene rings is 2. The maximum atomic E-state index is 13.0. The molecular weight excluding hydrogens is 416 g/mol. The molecular formula is C22H19ClN6O2. The van der Waals surface area contributed by atoms with Crippen molar-refractivity contribution in [2.75, 3.05) is 17.7 Å². The second-order valence-electron chi connectivity index (χ2n) is 7.19. The molecule has 2 amide bonds. The molecule has 0 unspecified atom stereocenters. The van der Waals surface area contributed by atoms with Crippen LogP contribution in [0.5, 0.6) is 0 Å². The first-order chi connectivity index (χ1) is 15.1. The van der Waals surface area contributed by atoms with Gasteiger partial charge >= 0.3 is 6.03 Å². The molecule has 2 aromatic heterocycles. The summed E-state index contributed by atoms with van der Waals surface area (Å²) in [6.45, 7) is 0.474. The molecule has 3 heterocycles. The van der Waals surface area contributed by atoms with Gasteiger partial charge in [-0.2, -0.15) is 10.0 Å². The number of hydroxylamine groups is 2. The van der Waals surface area contributed by atoms with Crippen LogP contribution in [0.4, 0.5) is 16.4 Å². The first-order valence-corrected chi connectivity index (χ1v) is 10.2. The van der Waals surface area contributed by atoms with Crippen molar-refractivity contribution in [1.29, 1.82) is 0 Å². The molecule has 8 nitrogen and oxygen atoms in total. The van der Waals surface area contributed by atoms with Crippen molar-refractivity contribution in [3.05, 3.63) is 77.4 Å². The molecule has 0 spiro atoms. The highest BCUT2D eigenvalue weighted by atomic mass is 35.5. The summed E-state index contributed by atoms with van der Waals surface area (Å²) in [4.78, 5) is 22.7. The Morgan fingerprint density at radius 1 is 1.13 bits per heavy atom. The number of hydrogen-bond acceptors (Lipinski definition) is 5. The number of anilines is 2. The lowest BCUT2D eigenvalue weighted by atomic mass is 10.1. The second-order valence-corrected chi connectivity index (χ2v) is 7.60. The number of nitrogen functional groups attached to an aromatic ring is 1. The molecule has 4 aromatic rings. The molecule has 1 fully saturated rings. The van der Waals surface area contributed by atoms with Crippen molar-refractivity contribution in [2.24, 2.45) is 0 Å². The molecule has 156 valence electrons. The molecule has 1 aliphatic rings. The number of carbonyl (C=O) groups is 1. The Bertz CT molecular complexity index is 1260. The molecule has 0 bridgehead atoms. The highest BCUT2D eigenvalue weighted by Crippen LogP contribution is 2.33. The van der Waals surface area contributed by atoms with Gasteiger partial charge in [-0.25, -0.2) is 9.31 Å². The summed E-state index contributed by atoms with van der Waals surface area (Å²) >= 11 is 6.37. The standard InChI is InChI=1S/C22H19ClN6O2/c23-17-8-6-15(16-7-9-20-26-21(24)27-28(20)13-16)12-18(17)25-22(30)29-19(10-11-31-29)14-4-2-1-3-5-14/h1-9,12-13,19H,10-11H2,(H2,24,27)(H,25,30)/t19-/m0/s1. The molecule has 1 saturated heterocycles. The third-order valence-electron chi connectivity index (χ3n) is 5.18. The van der Waals surface area contributed by atoms with Gasteiger partial charge in [0.1, 0.15) is 0 Å². The summed E-state index contributed by atoms with van der Waals surface area (Å²) < 4.78 is 1.61. The van der Waals surface area contributed by atoms with E-state index in [1.54, 1.807) is 10.6 Å². The number of rotatable bonds is 3. The SMILES string of the molecule is Nc1nc2ccc(-c3ccc(Cl)c(NC(=O)N4OCC[C@H]4c4ccccc4)c3)cn2n1. The van der Waals surface area contributed by atoms with E-state index in [2.05, 4.69) is 15.4 Å². The monoisotopic (exact) mass is 434 g/mol. The number of pyridine rings is 1. The minimum Gasteiger partial charge on any atom is -0.366 e. The van der Waals surface area contributed by atoms with Crippen LogP contribution >= 0.6 is 11.6 Å². The van der Waals surface area contributed by atoms with E-state index in [0.29, 0.717) is 23.0 Å². The number of nitrogens with two attached hydrogens (primary N) is 1. The van der Waals surface area contributed by atoms with Crippen LogP contribution in [0.25, 0.3) is 16.8 Å². The Hall–Kier alpha value is -3.62. The maximum Gasteiger partial charge on any atom is 0.346 e. The Morgan fingerprint density at radius 3 is 2.77 bits per heavy atom. The van der Waals surface area contributed by atoms with Crippen LogP contribution in [0.1, 0.15) is 18.0 Å². The van der Waals surface area contributed by atoms with Crippen molar-refractivity contribution in [2.45, 2.75) is 12.5 Å². The number of urea groups is 1. The fourth-order valence-electron chi connectivity index (χ4n) is 3.69. The predicted molar refractivity (Wildman–Crippen MR) is 118 cm³/mol. The number of amides is 2. The van der Waals surface area contributed by atoms with Gasteiger partial charge in [0.15, 0.2) is 5.65 Å². The quantitative estimate of drug-likeness (QED) is 0.493. The topological polar surface area (TPSA) is 97.8 Å². The first-order valence-electron chi connectivity index (χ1n) is 9.78. The minimum atomic E-state index is -0.370. The molecule has 3 N–H and O–H groups in total. The normalized spacial score (nSPS) is 16.0. The van der Waals surface area contributed by atoms with Crippen LogP contribution in [0.15, 0.2) is 66.9 Å². The lowest BCUT2D eigenvalue weighted by Gasteiger charge is -2.23. The van der Waals surface area contributed by atoms with E-state index >= 15 is 0 Å². The smallest absolute Gasteiger partial charge is 0.346 e. The largest absolute Gasteiger partial charge is 0.366 e. The first kappa shape index (κ1) is 19.3. The summed E-state index contributed by atoms with van der Waals surface area (Å²) in [6.07, 6.45) is 2.55. The average molecular weight is 435 g/mol. The van der Waals surface area contributed by atoms with Crippen LogP contribution in [0, 0.1) is 0 Å². The Kier molecular flexibility index (Phi) is 4.93. The number of hydrogen-bond donors (Lipinski definition) is 2. The maximum absolute atomic E-state index is 13.0.